The summed E-state index contributed by atoms with van der Waals surface area (Å²) in [5.41, 5.74) is 0. The van der Waals surface area contributed by atoms with Gasteiger partial charge in [-0.2, -0.15) is 11.8 Å². The molecule has 4 nitrogen and oxygen atoms in total. The third-order valence-electron chi connectivity index (χ3n) is 3.92. The lowest BCUT2D eigenvalue weighted by atomic mass is 10.0. The summed E-state index contributed by atoms with van der Waals surface area (Å²) < 4.78 is 0. The molecule has 6 heteroatoms. The van der Waals surface area contributed by atoms with Crippen molar-refractivity contribution in [3.63, 3.8) is 0 Å². The fourth-order valence-electron chi connectivity index (χ4n) is 2.84. The molecule has 0 aromatic rings. The van der Waals surface area contributed by atoms with Crippen LogP contribution in [0.3, 0.4) is 0 Å². The molecule has 1 aliphatic heterocycles. The van der Waals surface area contributed by atoms with E-state index in [0.29, 0.717) is 6.04 Å². The number of likely N-dealkylation sites (tertiary alicyclic amines) is 1. The van der Waals surface area contributed by atoms with Gasteiger partial charge in [-0.1, -0.05) is 13.8 Å². The zero-order valence-electron chi connectivity index (χ0n) is 15.4. The number of piperidine rings is 1. The first-order chi connectivity index (χ1) is 10.7. The molecule has 0 unspecified atom stereocenters. The minimum atomic E-state index is 0. The molecule has 2 N–H and O–H groups in total. The summed E-state index contributed by atoms with van der Waals surface area (Å²) in [6.45, 7) is 12.3. The number of thioether (sulfide) groups is 1. The number of unbranched alkanes of at least 4 members (excludes halogenated alkanes) is 1. The van der Waals surface area contributed by atoms with E-state index < -0.39 is 0 Å². The maximum atomic E-state index is 4.72. The Morgan fingerprint density at radius 2 is 1.96 bits per heavy atom. The number of halogens is 1. The molecule has 1 heterocycles. The Kier molecular flexibility index (Phi) is 14.8. The second kappa shape index (κ2) is 14.6. The topological polar surface area (TPSA) is 39.7 Å². The molecule has 0 aromatic carbocycles. The Hall–Kier alpha value is 0.310. The van der Waals surface area contributed by atoms with Crippen LogP contribution in [-0.4, -0.2) is 61.6 Å². The van der Waals surface area contributed by atoms with Gasteiger partial charge in [-0.15, -0.1) is 24.0 Å². The second-order valence-electron chi connectivity index (χ2n) is 6.57. The molecule has 0 atom stereocenters. The summed E-state index contributed by atoms with van der Waals surface area (Å²) in [4.78, 5) is 7.31. The van der Waals surface area contributed by atoms with E-state index in [1.165, 1.54) is 51.1 Å². The van der Waals surface area contributed by atoms with Gasteiger partial charge in [0.2, 0.25) is 0 Å². The van der Waals surface area contributed by atoms with Crippen LogP contribution in [0.4, 0.5) is 0 Å². The van der Waals surface area contributed by atoms with Gasteiger partial charge < -0.3 is 15.5 Å². The highest BCUT2D eigenvalue weighted by molar-refractivity contribution is 14.0. The van der Waals surface area contributed by atoms with Crippen molar-refractivity contribution >= 4 is 41.7 Å². The molecule has 0 aliphatic carbocycles. The van der Waals surface area contributed by atoms with E-state index in [1.54, 1.807) is 0 Å². The van der Waals surface area contributed by atoms with Gasteiger partial charge in [0, 0.05) is 38.8 Å². The maximum Gasteiger partial charge on any atom is 0.191 e. The zero-order valence-corrected chi connectivity index (χ0v) is 18.6. The SMILES string of the molecule is CCNC(=NCCCCSC)NC1CCN(CC(C)C)CC1.I. The highest BCUT2D eigenvalue weighted by atomic mass is 127. The average molecular weight is 456 g/mol. The Balaban J connectivity index is 0.00000484. The Labute approximate surface area is 165 Å². The van der Waals surface area contributed by atoms with Gasteiger partial charge in [-0.25, -0.2) is 0 Å². The normalized spacial score (nSPS) is 17.2. The van der Waals surface area contributed by atoms with Crippen molar-refractivity contribution in [1.29, 1.82) is 0 Å². The number of hydrogen-bond acceptors (Lipinski definition) is 3. The fourth-order valence-corrected chi connectivity index (χ4v) is 3.33. The summed E-state index contributed by atoms with van der Waals surface area (Å²) in [5, 5.41) is 7.01. The number of nitrogens with one attached hydrogen (secondary N) is 2. The molecule has 23 heavy (non-hydrogen) atoms. The van der Waals surface area contributed by atoms with Crippen LogP contribution in [0.25, 0.3) is 0 Å². The van der Waals surface area contributed by atoms with Crippen LogP contribution in [0.15, 0.2) is 4.99 Å². The van der Waals surface area contributed by atoms with Crippen molar-refractivity contribution in [2.45, 2.75) is 52.5 Å². The molecule has 0 radical (unpaired) electrons. The quantitative estimate of drug-likeness (QED) is 0.242. The predicted octanol–water partition coefficient (Wildman–Crippen LogP) is 3.42. The Morgan fingerprint density at radius 1 is 1.26 bits per heavy atom. The first-order valence-corrected chi connectivity index (χ1v) is 10.3. The van der Waals surface area contributed by atoms with Crippen LogP contribution in [0.2, 0.25) is 0 Å². The van der Waals surface area contributed by atoms with Crippen molar-refractivity contribution in [3.05, 3.63) is 0 Å². The van der Waals surface area contributed by atoms with Gasteiger partial charge >= 0.3 is 0 Å². The molecule has 0 aromatic heterocycles. The number of guanidine groups is 1. The van der Waals surface area contributed by atoms with Crippen LogP contribution >= 0.6 is 35.7 Å². The fraction of sp³-hybridized carbons (Fsp3) is 0.941. The summed E-state index contributed by atoms with van der Waals surface area (Å²) >= 11 is 1.92. The molecule has 0 bridgehead atoms. The number of hydrogen-bond donors (Lipinski definition) is 2. The van der Waals surface area contributed by atoms with Crippen LogP contribution in [0.5, 0.6) is 0 Å². The van der Waals surface area contributed by atoms with Crippen molar-refractivity contribution in [3.8, 4) is 0 Å². The van der Waals surface area contributed by atoms with E-state index in [1.807, 2.05) is 11.8 Å². The minimum absolute atomic E-state index is 0. The van der Waals surface area contributed by atoms with E-state index in [0.717, 1.165) is 25.0 Å². The summed E-state index contributed by atoms with van der Waals surface area (Å²) in [6, 6.07) is 0.576. The highest BCUT2D eigenvalue weighted by Gasteiger charge is 2.20. The maximum absolute atomic E-state index is 4.72. The smallest absolute Gasteiger partial charge is 0.191 e. The van der Waals surface area contributed by atoms with Crippen molar-refractivity contribution in [2.24, 2.45) is 10.9 Å². The molecule has 138 valence electrons. The van der Waals surface area contributed by atoms with Gasteiger partial charge in [-0.3, -0.25) is 4.99 Å². The van der Waals surface area contributed by atoms with E-state index in [9.17, 15) is 0 Å². The number of rotatable bonds is 9. The third kappa shape index (κ3) is 11.5. The van der Waals surface area contributed by atoms with Gasteiger partial charge in [0.25, 0.3) is 0 Å². The van der Waals surface area contributed by atoms with Crippen LogP contribution in [0.1, 0.15) is 46.5 Å². The summed E-state index contributed by atoms with van der Waals surface area (Å²) in [5.74, 6) is 3.02. The molecule has 1 aliphatic rings. The molecule has 1 saturated heterocycles. The van der Waals surface area contributed by atoms with Crippen molar-refractivity contribution < 1.29 is 0 Å². The van der Waals surface area contributed by atoms with Gasteiger partial charge in [-0.05, 0) is 50.5 Å². The zero-order chi connectivity index (χ0) is 16.2. The standard InChI is InChI=1S/C17H36N4S.HI/c1-5-18-17(19-10-6-7-13-22-4)20-16-8-11-21(12-9-16)14-15(2)3;/h15-16H,5-14H2,1-4H3,(H2,18,19,20);1H. The lowest BCUT2D eigenvalue weighted by Gasteiger charge is -2.34. The van der Waals surface area contributed by atoms with Crippen LogP contribution < -0.4 is 10.6 Å². The van der Waals surface area contributed by atoms with E-state index >= 15 is 0 Å². The number of aliphatic imine (C=N–C) groups is 1. The van der Waals surface area contributed by atoms with Gasteiger partial charge in [0.1, 0.15) is 0 Å². The largest absolute Gasteiger partial charge is 0.357 e. The molecule has 0 saturated carbocycles. The lowest BCUT2D eigenvalue weighted by Crippen LogP contribution is -2.49. The molecule has 1 rings (SSSR count). The average Bonchev–Trinajstić information content (AvgIpc) is 2.48. The van der Waals surface area contributed by atoms with Gasteiger partial charge in [0.15, 0.2) is 5.96 Å². The molecular formula is C17H37IN4S. The Bertz CT molecular complexity index is 305. The highest BCUT2D eigenvalue weighted by Crippen LogP contribution is 2.12. The van der Waals surface area contributed by atoms with Crippen molar-refractivity contribution in [2.75, 3.05) is 44.7 Å². The van der Waals surface area contributed by atoms with Crippen LogP contribution in [0, 0.1) is 5.92 Å². The van der Waals surface area contributed by atoms with Gasteiger partial charge in [0.05, 0.1) is 0 Å². The first kappa shape index (κ1) is 23.3. The molecular weight excluding hydrogens is 419 g/mol. The summed E-state index contributed by atoms with van der Waals surface area (Å²) in [6.07, 6.45) is 7.07. The minimum Gasteiger partial charge on any atom is -0.357 e. The Morgan fingerprint density at radius 3 is 2.52 bits per heavy atom. The van der Waals surface area contributed by atoms with Crippen molar-refractivity contribution in [1.82, 2.24) is 15.5 Å². The van der Waals surface area contributed by atoms with E-state index in [-0.39, 0.29) is 24.0 Å². The summed E-state index contributed by atoms with van der Waals surface area (Å²) in [7, 11) is 0. The van der Waals surface area contributed by atoms with E-state index in [4.69, 9.17) is 4.99 Å². The predicted molar refractivity (Wildman–Crippen MR) is 116 cm³/mol. The lowest BCUT2D eigenvalue weighted by molar-refractivity contribution is 0.187. The molecule has 1 fully saturated rings. The number of nitrogens with zero attached hydrogens (tertiary/aromatic N) is 2. The molecule has 0 spiro atoms. The monoisotopic (exact) mass is 456 g/mol. The van der Waals surface area contributed by atoms with Crippen LogP contribution in [-0.2, 0) is 0 Å². The van der Waals surface area contributed by atoms with E-state index in [2.05, 4.69) is 42.6 Å². The third-order valence-corrected chi connectivity index (χ3v) is 4.62. The second-order valence-corrected chi connectivity index (χ2v) is 7.56. The first-order valence-electron chi connectivity index (χ1n) is 8.91. The molecule has 0 amide bonds.